The lowest BCUT2D eigenvalue weighted by molar-refractivity contribution is -0.122. The van der Waals surface area contributed by atoms with Crippen molar-refractivity contribution in [1.82, 2.24) is 15.1 Å². The van der Waals surface area contributed by atoms with E-state index in [1.807, 2.05) is 10.7 Å². The number of carbonyl (C=O) groups is 2. The summed E-state index contributed by atoms with van der Waals surface area (Å²) in [6.45, 7) is 0. The molecule has 38 heavy (non-hydrogen) atoms. The van der Waals surface area contributed by atoms with Crippen LogP contribution < -0.4 is 10.6 Å². The Bertz CT molecular complexity index is 1670. The fourth-order valence-electron chi connectivity index (χ4n) is 6.43. The number of anilines is 1. The molecule has 4 atom stereocenters. The number of halogens is 3. The van der Waals surface area contributed by atoms with Gasteiger partial charge in [-0.1, -0.05) is 48.8 Å². The van der Waals surface area contributed by atoms with E-state index in [2.05, 4.69) is 10.6 Å². The largest absolute Gasteiger partial charge is 0.465 e. The first-order valence-corrected chi connectivity index (χ1v) is 12.5. The van der Waals surface area contributed by atoms with Gasteiger partial charge < -0.3 is 10.1 Å². The lowest BCUT2D eigenvalue weighted by atomic mass is 9.74. The van der Waals surface area contributed by atoms with Gasteiger partial charge in [-0.25, -0.2) is 9.18 Å². The molecule has 1 aromatic heterocycles. The van der Waals surface area contributed by atoms with Crippen LogP contribution in [0.5, 0.6) is 0 Å². The predicted octanol–water partition coefficient (Wildman–Crippen LogP) is 5.61. The number of nitrogens with one attached hydrogen (secondary N) is 2. The van der Waals surface area contributed by atoms with Crippen LogP contribution in [-0.2, 0) is 21.5 Å². The van der Waals surface area contributed by atoms with Gasteiger partial charge in [0.2, 0.25) is 5.91 Å². The number of fused-ring (bicyclic) bond motifs is 7. The first-order valence-electron chi connectivity index (χ1n) is 11.8. The molecule has 4 aromatic rings. The summed E-state index contributed by atoms with van der Waals surface area (Å²) in [6.07, 6.45) is 0.530. The van der Waals surface area contributed by atoms with Gasteiger partial charge >= 0.3 is 5.97 Å². The Morgan fingerprint density at radius 3 is 2.79 bits per heavy atom. The van der Waals surface area contributed by atoms with E-state index in [0.29, 0.717) is 39.3 Å². The molecule has 7 nitrogen and oxygen atoms in total. The number of carbonyl (C=O) groups excluding carboxylic acids is 2. The van der Waals surface area contributed by atoms with E-state index in [4.69, 9.17) is 33.0 Å². The van der Waals surface area contributed by atoms with Crippen LogP contribution in [0.3, 0.4) is 0 Å². The monoisotopic (exact) mass is 552 g/mol. The van der Waals surface area contributed by atoms with Crippen molar-refractivity contribution < 1.29 is 18.7 Å². The first-order chi connectivity index (χ1) is 17.8. The summed E-state index contributed by atoms with van der Waals surface area (Å²) >= 11 is 12.5. The normalized spacial score (nSPS) is 24.6. The number of hydrogen-bond donors (Lipinski definition) is 2. The predicted molar refractivity (Wildman–Crippen MR) is 143 cm³/mol. The number of methoxy groups -OCH3 is 1. The molecule has 1 fully saturated rings. The van der Waals surface area contributed by atoms with E-state index in [1.54, 1.807) is 42.5 Å². The number of amides is 1. The molecule has 0 bridgehead atoms. The number of hydrogen-bond acceptors (Lipinski definition) is 5. The maximum atomic E-state index is 15.7. The molecule has 3 aliphatic rings. The maximum absolute atomic E-state index is 15.7. The minimum atomic E-state index is -1.26. The second-order valence-electron chi connectivity index (χ2n) is 9.63. The van der Waals surface area contributed by atoms with E-state index in [9.17, 15) is 9.59 Å². The molecule has 2 N–H and O–H groups in total. The van der Waals surface area contributed by atoms with Crippen LogP contribution in [0.4, 0.5) is 10.1 Å². The fourth-order valence-corrected chi connectivity index (χ4v) is 6.79. The van der Waals surface area contributed by atoms with Gasteiger partial charge in [0, 0.05) is 45.7 Å². The van der Waals surface area contributed by atoms with Crippen LogP contribution in [0.15, 0.2) is 54.6 Å². The second kappa shape index (κ2) is 8.53. The molecular formula is C28H23Cl2FN4O3. The highest BCUT2D eigenvalue weighted by atomic mass is 35.5. The second-order valence-corrected chi connectivity index (χ2v) is 10.5. The number of benzene rings is 3. The molecule has 194 valence electrons. The Morgan fingerprint density at radius 2 is 2.00 bits per heavy atom. The zero-order valence-electron chi connectivity index (χ0n) is 19.4. The van der Waals surface area contributed by atoms with Gasteiger partial charge in [-0.2, -0.15) is 5.10 Å². The maximum Gasteiger partial charge on any atom is 0.337 e. The van der Waals surface area contributed by atoms with Gasteiger partial charge in [0.1, 0.15) is 11.4 Å². The van der Waals surface area contributed by atoms with Crippen molar-refractivity contribution in [2.45, 2.75) is 37.4 Å². The quantitative estimate of drug-likeness (QED) is 0.316. The number of ether oxygens (including phenoxy) is 1. The Kier molecular flexibility index (Phi) is 5.58. The van der Waals surface area contributed by atoms with Crippen LogP contribution >= 0.6 is 23.2 Å². The smallest absolute Gasteiger partial charge is 0.337 e. The number of aromatic nitrogens is 2. The summed E-state index contributed by atoms with van der Waals surface area (Å²) in [5.74, 6) is -1.96. The molecule has 0 aliphatic carbocycles. The van der Waals surface area contributed by atoms with Gasteiger partial charge in [-0.3, -0.25) is 14.8 Å². The molecule has 1 spiro atoms. The topological polar surface area (TPSA) is 85.2 Å². The molecule has 0 saturated carbocycles. The third-order valence-electron chi connectivity index (χ3n) is 7.88. The van der Waals surface area contributed by atoms with Gasteiger partial charge in [-0.05, 0) is 42.0 Å². The van der Waals surface area contributed by atoms with Gasteiger partial charge in [-0.15, -0.1) is 0 Å². The Balaban J connectivity index is 0.00000264. The molecule has 7 rings (SSSR count). The van der Waals surface area contributed by atoms with Gasteiger partial charge in [0.15, 0.2) is 0 Å². The van der Waals surface area contributed by atoms with Crippen molar-refractivity contribution in [3.05, 3.63) is 92.8 Å². The van der Waals surface area contributed by atoms with E-state index >= 15 is 4.39 Å². The lowest BCUT2D eigenvalue weighted by Gasteiger charge is -2.33. The van der Waals surface area contributed by atoms with Crippen molar-refractivity contribution in [2.75, 3.05) is 12.4 Å². The number of nitrogens with zero attached hydrogens (tertiary/aromatic N) is 2. The summed E-state index contributed by atoms with van der Waals surface area (Å²) in [4.78, 5) is 25.9. The summed E-state index contributed by atoms with van der Waals surface area (Å²) in [7, 11) is 1.34. The van der Waals surface area contributed by atoms with Crippen molar-refractivity contribution in [3.63, 3.8) is 0 Å². The minimum absolute atomic E-state index is 0. The van der Waals surface area contributed by atoms with E-state index in [-0.39, 0.29) is 24.4 Å². The molecule has 3 aromatic carbocycles. The molecule has 4 heterocycles. The fraction of sp³-hybridized carbons (Fsp3) is 0.250. The standard InChI is InChI=1S/C27H19Cl2FN4O3.CH4/c1-37-25(35)12-5-8-18-15(9-12)21-11-20-24(34(21)33-18)22(14-3-2-4-17(29)23(14)30)27(32-20)16-7-6-13(28)10-19(16)31-26(27)36;/h2-10,20,22,24,32H,11H2,1H3,(H,31,36);1H4/t20-,22-,24+,27+;/m0./s1. The van der Waals surface area contributed by atoms with Crippen LogP contribution in [0, 0.1) is 5.82 Å². The third kappa shape index (κ3) is 3.14. The SMILES string of the molecule is C.COC(=O)c1ccc2nn3c(c2c1)C[C@@H]1N[C@@]2(C(=O)Nc4cc(Cl)ccc42)[C@@H](c2cccc(Cl)c2F)[C@@H]13. The third-order valence-corrected chi connectivity index (χ3v) is 8.41. The zero-order valence-corrected chi connectivity index (χ0v) is 20.9. The van der Waals surface area contributed by atoms with E-state index < -0.39 is 29.3 Å². The molecule has 0 unspecified atom stereocenters. The minimum Gasteiger partial charge on any atom is -0.465 e. The molecule has 10 heteroatoms. The molecule has 0 radical (unpaired) electrons. The zero-order chi connectivity index (χ0) is 25.6. The molecular weight excluding hydrogens is 530 g/mol. The van der Waals surface area contributed by atoms with Gasteiger partial charge in [0.05, 0.1) is 29.3 Å². The lowest BCUT2D eigenvalue weighted by Crippen LogP contribution is -2.49. The Hall–Kier alpha value is -3.46. The van der Waals surface area contributed by atoms with Crippen LogP contribution in [0.2, 0.25) is 10.0 Å². The van der Waals surface area contributed by atoms with Crippen molar-refractivity contribution in [2.24, 2.45) is 0 Å². The van der Waals surface area contributed by atoms with Crippen molar-refractivity contribution in [3.8, 4) is 0 Å². The summed E-state index contributed by atoms with van der Waals surface area (Å²) in [5.41, 5.74) is 2.39. The summed E-state index contributed by atoms with van der Waals surface area (Å²) in [6, 6.07) is 14.7. The Morgan fingerprint density at radius 1 is 1.18 bits per heavy atom. The molecule has 1 amide bonds. The van der Waals surface area contributed by atoms with Crippen molar-refractivity contribution in [1.29, 1.82) is 0 Å². The average molecular weight is 553 g/mol. The molecule has 1 saturated heterocycles. The highest BCUT2D eigenvalue weighted by Gasteiger charge is 2.65. The van der Waals surface area contributed by atoms with Crippen LogP contribution in [-0.4, -0.2) is 34.8 Å². The van der Waals surface area contributed by atoms with Crippen LogP contribution in [0.1, 0.15) is 46.6 Å². The van der Waals surface area contributed by atoms with E-state index in [1.165, 1.54) is 13.2 Å². The number of rotatable bonds is 2. The number of esters is 1. The van der Waals surface area contributed by atoms with Crippen LogP contribution in [0.25, 0.3) is 10.9 Å². The van der Waals surface area contributed by atoms with Gasteiger partial charge in [0.25, 0.3) is 0 Å². The average Bonchev–Trinajstić information content (AvgIpc) is 3.58. The highest BCUT2D eigenvalue weighted by Crippen LogP contribution is 2.59. The summed E-state index contributed by atoms with van der Waals surface area (Å²) in [5, 5.41) is 12.7. The summed E-state index contributed by atoms with van der Waals surface area (Å²) < 4.78 is 22.4. The van der Waals surface area contributed by atoms with Crippen molar-refractivity contribution >= 4 is 51.7 Å². The molecule has 3 aliphatic heterocycles. The van der Waals surface area contributed by atoms with E-state index in [0.717, 1.165) is 11.1 Å². The first kappa shape index (κ1) is 24.9. The highest BCUT2D eigenvalue weighted by molar-refractivity contribution is 6.31. The Labute approximate surface area is 227 Å².